The lowest BCUT2D eigenvalue weighted by atomic mass is 10.3. The molecule has 6 heteroatoms. The van der Waals surface area contributed by atoms with Gasteiger partial charge in [-0.3, -0.25) is 4.79 Å². The number of quaternary nitrogens is 1. The molecule has 1 saturated heterocycles. The summed E-state index contributed by atoms with van der Waals surface area (Å²) < 4.78 is 16.2. The summed E-state index contributed by atoms with van der Waals surface area (Å²) in [5, 5.41) is 2.88. The summed E-state index contributed by atoms with van der Waals surface area (Å²) in [5.74, 6) is 1.67. The van der Waals surface area contributed by atoms with Gasteiger partial charge in [-0.15, -0.1) is 0 Å². The van der Waals surface area contributed by atoms with Gasteiger partial charge < -0.3 is 24.4 Å². The Kier molecular flexibility index (Phi) is 6.99. The minimum Gasteiger partial charge on any atom is -0.494 e. The molecule has 1 amide bonds. The Hall–Kier alpha value is -1.79. The molecule has 0 aromatic heterocycles. The van der Waals surface area contributed by atoms with Crippen LogP contribution in [0.3, 0.4) is 0 Å². The van der Waals surface area contributed by atoms with E-state index in [0.29, 0.717) is 26.3 Å². The average molecular weight is 309 g/mol. The number of morpholine rings is 1. The molecule has 0 spiro atoms. The number of rotatable bonds is 8. The fraction of sp³-hybridized carbons (Fsp3) is 0.562. The normalized spacial score (nSPS) is 15.3. The van der Waals surface area contributed by atoms with Gasteiger partial charge in [-0.25, -0.2) is 0 Å². The van der Waals surface area contributed by atoms with Gasteiger partial charge in [0.2, 0.25) is 0 Å². The van der Waals surface area contributed by atoms with Gasteiger partial charge in [-0.1, -0.05) is 0 Å². The number of benzene rings is 1. The highest BCUT2D eigenvalue weighted by atomic mass is 16.5. The van der Waals surface area contributed by atoms with Crippen LogP contribution in [0.2, 0.25) is 0 Å². The van der Waals surface area contributed by atoms with Crippen LogP contribution in [0.25, 0.3) is 0 Å². The molecule has 1 heterocycles. The Morgan fingerprint density at radius 3 is 2.45 bits per heavy atom. The molecule has 2 N–H and O–H groups in total. The first-order chi connectivity index (χ1) is 10.8. The van der Waals surface area contributed by atoms with E-state index in [-0.39, 0.29) is 5.91 Å². The second kappa shape index (κ2) is 9.27. The standard InChI is InChI=1S/C16H24N2O4/c1-2-21-14-3-5-15(6-4-14)22-10-7-17-16(19)13-18-8-11-20-12-9-18/h3-6H,2,7-13H2,1H3,(H,17,19)/p+1. The quantitative estimate of drug-likeness (QED) is 0.635. The van der Waals surface area contributed by atoms with Crippen LogP contribution in [0.15, 0.2) is 24.3 Å². The molecule has 1 fully saturated rings. The van der Waals surface area contributed by atoms with Crippen molar-refractivity contribution in [2.75, 3.05) is 52.6 Å². The van der Waals surface area contributed by atoms with Gasteiger partial charge in [0, 0.05) is 0 Å². The van der Waals surface area contributed by atoms with Crippen LogP contribution in [0, 0.1) is 0 Å². The predicted molar refractivity (Wildman–Crippen MR) is 82.5 cm³/mol. The summed E-state index contributed by atoms with van der Waals surface area (Å²) >= 11 is 0. The van der Waals surface area contributed by atoms with E-state index in [9.17, 15) is 4.79 Å². The molecule has 0 radical (unpaired) electrons. The van der Waals surface area contributed by atoms with Gasteiger partial charge in [-0.2, -0.15) is 0 Å². The predicted octanol–water partition coefficient (Wildman–Crippen LogP) is -0.505. The summed E-state index contributed by atoms with van der Waals surface area (Å²) in [6.07, 6.45) is 0. The molecule has 0 bridgehead atoms. The Morgan fingerprint density at radius 2 is 1.82 bits per heavy atom. The average Bonchev–Trinajstić information content (AvgIpc) is 2.54. The number of carbonyl (C=O) groups is 1. The summed E-state index contributed by atoms with van der Waals surface area (Å²) in [6.45, 7) is 7.35. The molecule has 0 saturated carbocycles. The van der Waals surface area contributed by atoms with Gasteiger partial charge in [-0.05, 0) is 31.2 Å². The van der Waals surface area contributed by atoms with Crippen molar-refractivity contribution in [1.82, 2.24) is 5.32 Å². The third-order valence-electron chi connectivity index (χ3n) is 3.44. The van der Waals surface area contributed by atoms with E-state index < -0.39 is 0 Å². The van der Waals surface area contributed by atoms with Gasteiger partial charge in [0.25, 0.3) is 5.91 Å². The lowest BCUT2D eigenvalue weighted by Gasteiger charge is -2.23. The van der Waals surface area contributed by atoms with Gasteiger partial charge in [0.05, 0.1) is 26.4 Å². The van der Waals surface area contributed by atoms with Crippen molar-refractivity contribution in [3.8, 4) is 11.5 Å². The molecule has 2 rings (SSSR count). The smallest absolute Gasteiger partial charge is 0.275 e. The highest BCUT2D eigenvalue weighted by Gasteiger charge is 2.17. The van der Waals surface area contributed by atoms with Gasteiger partial charge in [0.1, 0.15) is 31.2 Å². The van der Waals surface area contributed by atoms with Crippen LogP contribution in [-0.2, 0) is 9.53 Å². The molecule has 0 aliphatic carbocycles. The largest absolute Gasteiger partial charge is 0.494 e. The van der Waals surface area contributed by atoms with Crippen molar-refractivity contribution in [2.45, 2.75) is 6.92 Å². The molecule has 1 aromatic carbocycles. The Labute approximate surface area is 131 Å². The third-order valence-corrected chi connectivity index (χ3v) is 3.44. The minimum atomic E-state index is 0.0622. The van der Waals surface area contributed by atoms with Crippen molar-refractivity contribution in [2.24, 2.45) is 0 Å². The lowest BCUT2D eigenvalue weighted by molar-refractivity contribution is -0.900. The van der Waals surface area contributed by atoms with Crippen LogP contribution in [0.1, 0.15) is 6.92 Å². The number of ether oxygens (including phenoxy) is 3. The Balaban J connectivity index is 1.58. The molecule has 0 unspecified atom stereocenters. The Morgan fingerprint density at radius 1 is 1.18 bits per heavy atom. The van der Waals surface area contributed by atoms with Crippen molar-refractivity contribution in [1.29, 1.82) is 0 Å². The van der Waals surface area contributed by atoms with E-state index >= 15 is 0 Å². The molecule has 1 aliphatic heterocycles. The number of hydrogen-bond donors (Lipinski definition) is 2. The second-order valence-corrected chi connectivity index (χ2v) is 5.14. The van der Waals surface area contributed by atoms with Crippen LogP contribution >= 0.6 is 0 Å². The zero-order valence-corrected chi connectivity index (χ0v) is 13.1. The van der Waals surface area contributed by atoms with E-state index in [0.717, 1.165) is 37.8 Å². The van der Waals surface area contributed by atoms with E-state index in [1.807, 2.05) is 31.2 Å². The SMILES string of the molecule is CCOc1ccc(OCCNC(=O)C[NH+]2CCOCC2)cc1. The first kappa shape index (κ1) is 16.6. The third kappa shape index (κ3) is 5.91. The van der Waals surface area contributed by atoms with Gasteiger partial charge in [0.15, 0.2) is 6.54 Å². The van der Waals surface area contributed by atoms with E-state index in [1.165, 1.54) is 4.90 Å². The first-order valence-electron chi connectivity index (χ1n) is 7.81. The minimum absolute atomic E-state index is 0.0622. The molecule has 122 valence electrons. The second-order valence-electron chi connectivity index (χ2n) is 5.14. The maximum absolute atomic E-state index is 11.8. The first-order valence-corrected chi connectivity index (χ1v) is 7.81. The number of amides is 1. The monoisotopic (exact) mass is 309 g/mol. The zero-order valence-electron chi connectivity index (χ0n) is 13.1. The molecule has 0 atom stereocenters. The van der Waals surface area contributed by atoms with Crippen molar-refractivity contribution < 1.29 is 23.9 Å². The molecular formula is C16H25N2O4+. The summed E-state index contributed by atoms with van der Waals surface area (Å²) in [6, 6.07) is 7.48. The maximum Gasteiger partial charge on any atom is 0.275 e. The van der Waals surface area contributed by atoms with E-state index in [2.05, 4.69) is 5.32 Å². The lowest BCUT2D eigenvalue weighted by Crippen LogP contribution is -3.15. The molecule has 22 heavy (non-hydrogen) atoms. The van der Waals surface area contributed by atoms with Crippen molar-refractivity contribution in [3.63, 3.8) is 0 Å². The zero-order chi connectivity index (χ0) is 15.6. The van der Waals surface area contributed by atoms with E-state index in [1.54, 1.807) is 0 Å². The highest BCUT2D eigenvalue weighted by Crippen LogP contribution is 2.17. The number of carbonyl (C=O) groups excluding carboxylic acids is 1. The molecular weight excluding hydrogens is 284 g/mol. The topological polar surface area (TPSA) is 61.2 Å². The Bertz CT molecular complexity index is 444. The summed E-state index contributed by atoms with van der Waals surface area (Å²) in [7, 11) is 0. The van der Waals surface area contributed by atoms with Crippen LogP contribution in [-0.4, -0.2) is 58.5 Å². The molecule has 1 aromatic rings. The van der Waals surface area contributed by atoms with Gasteiger partial charge >= 0.3 is 0 Å². The van der Waals surface area contributed by atoms with Crippen LogP contribution < -0.4 is 19.7 Å². The summed E-state index contributed by atoms with van der Waals surface area (Å²) in [5.41, 5.74) is 0. The number of nitrogens with one attached hydrogen (secondary N) is 2. The van der Waals surface area contributed by atoms with Crippen LogP contribution in [0.4, 0.5) is 0 Å². The van der Waals surface area contributed by atoms with E-state index in [4.69, 9.17) is 14.2 Å². The maximum atomic E-state index is 11.8. The van der Waals surface area contributed by atoms with Crippen LogP contribution in [0.5, 0.6) is 11.5 Å². The fourth-order valence-electron chi connectivity index (χ4n) is 2.28. The highest BCUT2D eigenvalue weighted by molar-refractivity contribution is 5.76. The number of hydrogen-bond acceptors (Lipinski definition) is 4. The molecule has 6 nitrogen and oxygen atoms in total. The molecule has 1 aliphatic rings. The van der Waals surface area contributed by atoms with Crippen molar-refractivity contribution in [3.05, 3.63) is 24.3 Å². The fourth-order valence-corrected chi connectivity index (χ4v) is 2.28. The van der Waals surface area contributed by atoms with Crippen molar-refractivity contribution >= 4 is 5.91 Å². The summed E-state index contributed by atoms with van der Waals surface area (Å²) in [4.78, 5) is 13.1.